The Balaban J connectivity index is 1.23. The Morgan fingerprint density at radius 1 is 0.420 bits per heavy atom. The molecular weight excluding hydrogens is 605 g/mol. The van der Waals surface area contributed by atoms with Crippen molar-refractivity contribution in [2.24, 2.45) is 0 Å². The molecule has 2 nitrogen and oxygen atoms in total. The number of nitrogens with zero attached hydrogens (tertiary/aromatic N) is 2. The van der Waals surface area contributed by atoms with E-state index < -0.39 is 0 Å². The van der Waals surface area contributed by atoms with E-state index in [2.05, 4.69) is 195 Å². The number of para-hydroxylation sites is 2. The molecule has 0 N–H and O–H groups in total. The van der Waals surface area contributed by atoms with Crippen LogP contribution in [0.4, 0.5) is 17.1 Å². The van der Waals surface area contributed by atoms with Gasteiger partial charge in [0.2, 0.25) is 0 Å². The van der Waals surface area contributed by atoms with Crippen LogP contribution in [0.15, 0.2) is 158 Å². The minimum Gasteiger partial charge on any atom is -0.310 e. The van der Waals surface area contributed by atoms with Crippen LogP contribution < -0.4 is 4.90 Å². The van der Waals surface area contributed by atoms with E-state index in [4.69, 9.17) is 0 Å². The second-order valence-electron chi connectivity index (χ2n) is 15.0. The third-order valence-corrected chi connectivity index (χ3v) is 11.6. The molecule has 0 atom stereocenters. The van der Waals surface area contributed by atoms with Crippen molar-refractivity contribution >= 4 is 38.9 Å². The second kappa shape index (κ2) is 10.3. The standard InChI is InChI=1S/C48H38N2/c1-47(2)39-21-10-6-18-37(39)45-40(47)22-14-25-43(45)50(44-26-13-19-36-33-15-5-9-20-38(33)48(3,4)46(36)44)32-29-27-31(28-30-32)49-41-23-11-7-16-34(41)35-17-8-12-24-42(35)49/h5-30H,1-4H3. The first-order chi connectivity index (χ1) is 24.4. The first-order valence-electron chi connectivity index (χ1n) is 17.7. The van der Waals surface area contributed by atoms with E-state index in [1.54, 1.807) is 0 Å². The molecule has 0 radical (unpaired) electrons. The van der Waals surface area contributed by atoms with Crippen molar-refractivity contribution in [2.75, 3.05) is 4.90 Å². The molecule has 0 unspecified atom stereocenters. The molecule has 50 heavy (non-hydrogen) atoms. The van der Waals surface area contributed by atoms with Crippen molar-refractivity contribution in [3.05, 3.63) is 180 Å². The fraction of sp³-hybridized carbons (Fsp3) is 0.125. The fourth-order valence-corrected chi connectivity index (χ4v) is 9.29. The highest BCUT2D eigenvalue weighted by Gasteiger charge is 2.41. The summed E-state index contributed by atoms with van der Waals surface area (Å²) in [6.07, 6.45) is 0. The predicted octanol–water partition coefficient (Wildman–Crippen LogP) is 12.9. The molecule has 0 saturated heterocycles. The molecule has 2 aliphatic rings. The van der Waals surface area contributed by atoms with E-state index in [1.807, 2.05) is 0 Å². The van der Waals surface area contributed by atoms with E-state index in [9.17, 15) is 0 Å². The molecule has 0 fully saturated rings. The quantitative estimate of drug-likeness (QED) is 0.185. The average molecular weight is 643 g/mol. The molecule has 8 aromatic rings. The van der Waals surface area contributed by atoms with Crippen molar-refractivity contribution in [1.29, 1.82) is 0 Å². The maximum absolute atomic E-state index is 2.54. The summed E-state index contributed by atoms with van der Waals surface area (Å²) in [4.78, 5) is 2.54. The minimum absolute atomic E-state index is 0.0951. The lowest BCUT2D eigenvalue weighted by Crippen LogP contribution is -2.21. The molecule has 2 heteroatoms. The largest absolute Gasteiger partial charge is 0.310 e. The van der Waals surface area contributed by atoms with E-state index >= 15 is 0 Å². The van der Waals surface area contributed by atoms with Crippen LogP contribution in [-0.4, -0.2) is 4.57 Å². The molecule has 1 heterocycles. The number of fused-ring (bicyclic) bond motifs is 9. The molecule has 240 valence electrons. The van der Waals surface area contributed by atoms with Crippen LogP contribution in [-0.2, 0) is 10.8 Å². The molecule has 1 aromatic heterocycles. The van der Waals surface area contributed by atoms with Crippen LogP contribution >= 0.6 is 0 Å². The molecule has 7 aromatic carbocycles. The molecule has 0 amide bonds. The van der Waals surface area contributed by atoms with Gasteiger partial charge in [-0.05, 0) is 87.5 Å². The van der Waals surface area contributed by atoms with Crippen LogP contribution in [0.5, 0.6) is 0 Å². The summed E-state index contributed by atoms with van der Waals surface area (Å²) >= 11 is 0. The molecule has 2 aliphatic carbocycles. The number of aromatic nitrogens is 1. The Bertz CT molecular complexity index is 2600. The van der Waals surface area contributed by atoms with Crippen molar-refractivity contribution in [3.8, 4) is 27.9 Å². The van der Waals surface area contributed by atoms with Gasteiger partial charge in [0.25, 0.3) is 0 Å². The summed E-state index contributed by atoms with van der Waals surface area (Å²) < 4.78 is 2.40. The van der Waals surface area contributed by atoms with Crippen LogP contribution in [0.25, 0.3) is 49.7 Å². The van der Waals surface area contributed by atoms with Crippen LogP contribution in [0.1, 0.15) is 49.9 Å². The lowest BCUT2D eigenvalue weighted by Gasteiger charge is -2.33. The average Bonchev–Trinajstić information content (AvgIpc) is 3.70. The zero-order valence-corrected chi connectivity index (χ0v) is 28.9. The topological polar surface area (TPSA) is 8.17 Å². The smallest absolute Gasteiger partial charge is 0.0543 e. The molecule has 0 saturated carbocycles. The SMILES string of the molecule is CC1(C)c2ccccc2-c2c(N(c3ccc(-n4c5ccccc5c5ccccc54)cc3)c3cccc4c3C(C)(C)c3ccccc3-4)cccc21. The molecular formula is C48H38N2. The van der Waals surface area contributed by atoms with Crippen molar-refractivity contribution in [3.63, 3.8) is 0 Å². The highest BCUT2D eigenvalue weighted by molar-refractivity contribution is 6.09. The number of rotatable bonds is 4. The maximum atomic E-state index is 2.54. The first-order valence-corrected chi connectivity index (χ1v) is 17.7. The summed E-state index contributed by atoms with van der Waals surface area (Å²) in [5.74, 6) is 0. The molecule has 0 bridgehead atoms. The van der Waals surface area contributed by atoms with E-state index in [0.717, 1.165) is 11.4 Å². The number of anilines is 3. The fourth-order valence-electron chi connectivity index (χ4n) is 9.29. The van der Waals surface area contributed by atoms with Crippen molar-refractivity contribution < 1.29 is 0 Å². The predicted molar refractivity (Wildman–Crippen MR) is 211 cm³/mol. The zero-order chi connectivity index (χ0) is 33.8. The Labute approximate surface area is 293 Å². The van der Waals surface area contributed by atoms with Gasteiger partial charge in [-0.15, -0.1) is 0 Å². The van der Waals surface area contributed by atoms with Gasteiger partial charge in [-0.1, -0.05) is 137 Å². The summed E-state index contributed by atoms with van der Waals surface area (Å²) in [6.45, 7) is 9.51. The van der Waals surface area contributed by atoms with E-state index in [1.165, 1.54) is 77.7 Å². The maximum Gasteiger partial charge on any atom is 0.0543 e. The Hall–Kier alpha value is -5.86. The van der Waals surface area contributed by atoms with Crippen LogP contribution in [0.2, 0.25) is 0 Å². The second-order valence-corrected chi connectivity index (χ2v) is 15.0. The van der Waals surface area contributed by atoms with Crippen LogP contribution in [0, 0.1) is 0 Å². The lowest BCUT2D eigenvalue weighted by molar-refractivity contribution is 0.659. The van der Waals surface area contributed by atoms with Crippen molar-refractivity contribution in [2.45, 2.75) is 38.5 Å². The normalized spacial score (nSPS) is 14.7. The highest BCUT2D eigenvalue weighted by Crippen LogP contribution is 2.58. The number of hydrogen-bond acceptors (Lipinski definition) is 1. The van der Waals surface area contributed by atoms with Gasteiger partial charge in [0.05, 0.1) is 22.4 Å². The van der Waals surface area contributed by atoms with E-state index in [-0.39, 0.29) is 10.8 Å². The lowest BCUT2D eigenvalue weighted by atomic mass is 9.81. The van der Waals surface area contributed by atoms with Gasteiger partial charge in [-0.3, -0.25) is 0 Å². The molecule has 10 rings (SSSR count). The molecule has 0 aliphatic heterocycles. The zero-order valence-electron chi connectivity index (χ0n) is 28.9. The number of benzene rings is 7. The van der Waals surface area contributed by atoms with Gasteiger partial charge in [0.1, 0.15) is 0 Å². The van der Waals surface area contributed by atoms with Gasteiger partial charge in [-0.25, -0.2) is 0 Å². The first kappa shape index (κ1) is 29.1. The van der Waals surface area contributed by atoms with Gasteiger partial charge in [0.15, 0.2) is 0 Å². The summed E-state index contributed by atoms with van der Waals surface area (Å²) in [7, 11) is 0. The number of hydrogen-bond donors (Lipinski definition) is 0. The Kier molecular flexibility index (Phi) is 6.01. The Morgan fingerprint density at radius 2 is 0.940 bits per heavy atom. The monoisotopic (exact) mass is 642 g/mol. The van der Waals surface area contributed by atoms with Gasteiger partial charge >= 0.3 is 0 Å². The summed E-state index contributed by atoms with van der Waals surface area (Å²) in [5.41, 5.74) is 17.7. The molecule has 0 spiro atoms. The Morgan fingerprint density at radius 3 is 1.64 bits per heavy atom. The van der Waals surface area contributed by atoms with Crippen molar-refractivity contribution in [1.82, 2.24) is 4.57 Å². The van der Waals surface area contributed by atoms with Gasteiger partial charge in [0, 0.05) is 38.5 Å². The van der Waals surface area contributed by atoms with Gasteiger partial charge < -0.3 is 9.47 Å². The van der Waals surface area contributed by atoms with Gasteiger partial charge in [-0.2, -0.15) is 0 Å². The highest BCUT2D eigenvalue weighted by atomic mass is 15.2. The third-order valence-electron chi connectivity index (χ3n) is 11.6. The minimum atomic E-state index is -0.168. The summed E-state index contributed by atoms with van der Waals surface area (Å²) in [5, 5.41) is 2.55. The third kappa shape index (κ3) is 3.85. The van der Waals surface area contributed by atoms with Crippen LogP contribution in [0.3, 0.4) is 0 Å². The summed E-state index contributed by atoms with van der Waals surface area (Å²) in [6, 6.07) is 58.4. The van der Waals surface area contributed by atoms with E-state index in [0.29, 0.717) is 0 Å².